The predicted molar refractivity (Wildman–Crippen MR) is 60.7 cm³/mol. The summed E-state index contributed by atoms with van der Waals surface area (Å²) in [6.07, 6.45) is 1.56. The SMILES string of the molecule is CC(CO)CCCNS(=O)(=O)NC(C)C. The molecule has 1 atom stereocenters. The van der Waals surface area contributed by atoms with Crippen LogP contribution in [-0.2, 0) is 10.2 Å². The Morgan fingerprint density at radius 3 is 2.33 bits per heavy atom. The standard InChI is InChI=1S/C9H22N2O3S/c1-8(2)11-15(13,14)10-6-4-5-9(3)7-12/h8-12H,4-7H2,1-3H3. The van der Waals surface area contributed by atoms with Crippen molar-refractivity contribution in [1.29, 1.82) is 0 Å². The molecule has 0 fully saturated rings. The van der Waals surface area contributed by atoms with E-state index < -0.39 is 10.2 Å². The molecule has 0 aliphatic heterocycles. The third kappa shape index (κ3) is 8.80. The van der Waals surface area contributed by atoms with E-state index in [1.54, 1.807) is 13.8 Å². The Balaban J connectivity index is 3.67. The van der Waals surface area contributed by atoms with Crippen molar-refractivity contribution in [1.82, 2.24) is 9.44 Å². The van der Waals surface area contributed by atoms with Crippen LogP contribution in [0, 0.1) is 5.92 Å². The molecule has 0 spiro atoms. The summed E-state index contributed by atoms with van der Waals surface area (Å²) in [5, 5.41) is 8.76. The Morgan fingerprint density at radius 1 is 1.27 bits per heavy atom. The molecule has 3 N–H and O–H groups in total. The minimum Gasteiger partial charge on any atom is -0.396 e. The summed E-state index contributed by atoms with van der Waals surface area (Å²) in [7, 11) is -3.35. The molecule has 15 heavy (non-hydrogen) atoms. The van der Waals surface area contributed by atoms with Gasteiger partial charge in [-0.2, -0.15) is 13.1 Å². The number of rotatable bonds is 8. The topological polar surface area (TPSA) is 78.4 Å². The molecule has 6 heteroatoms. The van der Waals surface area contributed by atoms with Crippen molar-refractivity contribution in [2.45, 2.75) is 39.7 Å². The molecule has 0 heterocycles. The second kappa shape index (κ2) is 7.16. The molecular formula is C9H22N2O3S. The summed E-state index contributed by atoms with van der Waals surface area (Å²) in [5.74, 6) is 0.229. The van der Waals surface area contributed by atoms with Gasteiger partial charge >= 0.3 is 0 Å². The van der Waals surface area contributed by atoms with Crippen LogP contribution in [0.4, 0.5) is 0 Å². The van der Waals surface area contributed by atoms with Gasteiger partial charge in [-0.1, -0.05) is 6.92 Å². The van der Waals surface area contributed by atoms with Crippen molar-refractivity contribution in [2.24, 2.45) is 5.92 Å². The molecule has 0 aliphatic carbocycles. The van der Waals surface area contributed by atoms with Crippen LogP contribution in [0.3, 0.4) is 0 Å². The summed E-state index contributed by atoms with van der Waals surface area (Å²) in [6, 6.07) is -0.0983. The normalized spacial score (nSPS) is 14.5. The van der Waals surface area contributed by atoms with Crippen LogP contribution in [0.5, 0.6) is 0 Å². The van der Waals surface area contributed by atoms with E-state index in [-0.39, 0.29) is 18.6 Å². The van der Waals surface area contributed by atoms with E-state index in [9.17, 15) is 8.42 Å². The fourth-order valence-electron chi connectivity index (χ4n) is 1.10. The van der Waals surface area contributed by atoms with Crippen LogP contribution in [-0.4, -0.2) is 32.7 Å². The summed E-state index contributed by atoms with van der Waals surface area (Å²) >= 11 is 0. The van der Waals surface area contributed by atoms with Gasteiger partial charge in [0, 0.05) is 19.2 Å². The van der Waals surface area contributed by atoms with E-state index in [4.69, 9.17) is 5.11 Å². The highest BCUT2D eigenvalue weighted by molar-refractivity contribution is 7.87. The first-order valence-electron chi connectivity index (χ1n) is 5.25. The van der Waals surface area contributed by atoms with Crippen LogP contribution >= 0.6 is 0 Å². The Labute approximate surface area is 92.4 Å². The van der Waals surface area contributed by atoms with Crippen molar-refractivity contribution in [2.75, 3.05) is 13.2 Å². The molecule has 0 rings (SSSR count). The van der Waals surface area contributed by atoms with Gasteiger partial charge in [0.05, 0.1) is 0 Å². The van der Waals surface area contributed by atoms with Crippen molar-refractivity contribution < 1.29 is 13.5 Å². The molecule has 0 aromatic rings. The highest BCUT2D eigenvalue weighted by Gasteiger charge is 2.10. The van der Waals surface area contributed by atoms with Crippen LogP contribution in [0.2, 0.25) is 0 Å². The highest BCUT2D eigenvalue weighted by Crippen LogP contribution is 2.02. The maximum absolute atomic E-state index is 11.3. The quantitative estimate of drug-likeness (QED) is 0.530. The van der Waals surface area contributed by atoms with Gasteiger partial charge in [0.1, 0.15) is 0 Å². The van der Waals surface area contributed by atoms with Gasteiger partial charge < -0.3 is 5.11 Å². The largest absolute Gasteiger partial charge is 0.396 e. The summed E-state index contributed by atoms with van der Waals surface area (Å²) in [5.41, 5.74) is 0. The lowest BCUT2D eigenvalue weighted by atomic mass is 10.1. The molecule has 0 aliphatic rings. The van der Waals surface area contributed by atoms with Crippen molar-refractivity contribution in [3.63, 3.8) is 0 Å². The first-order chi connectivity index (χ1) is 6.87. The highest BCUT2D eigenvalue weighted by atomic mass is 32.2. The van der Waals surface area contributed by atoms with Crippen LogP contribution in [0.15, 0.2) is 0 Å². The summed E-state index contributed by atoms with van der Waals surface area (Å²) < 4.78 is 27.4. The van der Waals surface area contributed by atoms with E-state index in [1.807, 2.05) is 6.92 Å². The van der Waals surface area contributed by atoms with Gasteiger partial charge in [-0.25, -0.2) is 4.72 Å². The lowest BCUT2D eigenvalue weighted by Crippen LogP contribution is -2.40. The maximum atomic E-state index is 11.3. The molecule has 0 bridgehead atoms. The third-order valence-corrected chi connectivity index (χ3v) is 3.23. The molecule has 0 saturated heterocycles. The molecule has 0 saturated carbocycles. The van der Waals surface area contributed by atoms with E-state index in [0.717, 1.165) is 12.8 Å². The summed E-state index contributed by atoms with van der Waals surface area (Å²) in [4.78, 5) is 0. The van der Waals surface area contributed by atoms with Crippen molar-refractivity contribution in [3.05, 3.63) is 0 Å². The Kier molecular flexibility index (Phi) is 7.08. The number of aliphatic hydroxyl groups excluding tert-OH is 1. The molecular weight excluding hydrogens is 216 g/mol. The van der Waals surface area contributed by atoms with E-state index in [2.05, 4.69) is 9.44 Å². The number of aliphatic hydroxyl groups is 1. The first-order valence-corrected chi connectivity index (χ1v) is 6.73. The molecule has 0 radical (unpaired) electrons. The predicted octanol–water partition coefficient (Wildman–Crippen LogP) is 0.227. The van der Waals surface area contributed by atoms with Gasteiger partial charge in [0.25, 0.3) is 10.2 Å². The smallest absolute Gasteiger partial charge is 0.277 e. The lowest BCUT2D eigenvalue weighted by molar-refractivity contribution is 0.228. The van der Waals surface area contributed by atoms with Gasteiger partial charge in [0.2, 0.25) is 0 Å². The third-order valence-electron chi connectivity index (χ3n) is 1.87. The van der Waals surface area contributed by atoms with Crippen molar-refractivity contribution in [3.8, 4) is 0 Å². The number of nitrogens with one attached hydrogen (secondary N) is 2. The molecule has 0 aromatic heterocycles. The molecule has 1 unspecified atom stereocenters. The maximum Gasteiger partial charge on any atom is 0.277 e. The molecule has 5 nitrogen and oxygen atoms in total. The molecule has 0 amide bonds. The fourth-order valence-corrected chi connectivity index (χ4v) is 2.22. The van der Waals surface area contributed by atoms with Crippen LogP contribution in [0.25, 0.3) is 0 Å². The minimum absolute atomic E-state index is 0.0983. The number of hydrogen-bond donors (Lipinski definition) is 3. The zero-order valence-corrected chi connectivity index (χ0v) is 10.5. The Bertz CT molecular complexity index is 252. The van der Waals surface area contributed by atoms with Crippen molar-refractivity contribution >= 4 is 10.2 Å². The van der Waals surface area contributed by atoms with Gasteiger partial charge in [-0.15, -0.1) is 0 Å². The van der Waals surface area contributed by atoms with Crippen LogP contribution < -0.4 is 9.44 Å². The number of hydrogen-bond acceptors (Lipinski definition) is 3. The average molecular weight is 238 g/mol. The monoisotopic (exact) mass is 238 g/mol. The summed E-state index contributed by atoms with van der Waals surface area (Å²) in [6.45, 7) is 6.03. The van der Waals surface area contributed by atoms with E-state index >= 15 is 0 Å². The first kappa shape index (κ1) is 14.8. The van der Waals surface area contributed by atoms with E-state index in [0.29, 0.717) is 6.54 Å². The van der Waals surface area contributed by atoms with E-state index in [1.165, 1.54) is 0 Å². The average Bonchev–Trinajstić information content (AvgIpc) is 2.10. The fraction of sp³-hybridized carbons (Fsp3) is 1.00. The van der Waals surface area contributed by atoms with Gasteiger partial charge in [-0.05, 0) is 32.6 Å². The minimum atomic E-state index is -3.35. The Morgan fingerprint density at radius 2 is 1.87 bits per heavy atom. The lowest BCUT2D eigenvalue weighted by Gasteiger charge is -2.11. The van der Waals surface area contributed by atoms with Crippen LogP contribution in [0.1, 0.15) is 33.6 Å². The zero-order valence-electron chi connectivity index (χ0n) is 9.66. The second-order valence-corrected chi connectivity index (χ2v) is 5.63. The zero-order chi connectivity index (χ0) is 11.9. The Hall–Kier alpha value is -0.170. The molecule has 0 aromatic carbocycles. The second-order valence-electron chi connectivity index (χ2n) is 4.10. The van der Waals surface area contributed by atoms with Gasteiger partial charge in [0.15, 0.2) is 0 Å². The van der Waals surface area contributed by atoms with Gasteiger partial charge in [-0.3, -0.25) is 0 Å². The molecule has 92 valence electrons.